The van der Waals surface area contributed by atoms with Crippen LogP contribution < -0.4 is 20.1 Å². The molecular weight excluding hydrogens is 360 g/mol. The molecule has 2 aromatic rings. The van der Waals surface area contributed by atoms with Crippen LogP contribution in [0.4, 0.5) is 4.79 Å². The maximum absolute atomic E-state index is 12.7. The first-order chi connectivity index (χ1) is 13.6. The zero-order chi connectivity index (χ0) is 20.4. The van der Waals surface area contributed by atoms with Crippen molar-refractivity contribution < 1.29 is 23.9 Å². The van der Waals surface area contributed by atoms with Gasteiger partial charge < -0.3 is 14.8 Å². The zero-order valence-corrected chi connectivity index (χ0v) is 15.9. The minimum absolute atomic E-state index is 0.198. The Balaban J connectivity index is 2.32. The summed E-state index contributed by atoms with van der Waals surface area (Å²) in [5.74, 6) is 0.0794. The van der Waals surface area contributed by atoms with Crippen molar-refractivity contribution >= 4 is 18.2 Å². The summed E-state index contributed by atoms with van der Waals surface area (Å²) in [7, 11) is 0. The van der Waals surface area contributed by atoms with Crippen molar-refractivity contribution in [1.29, 1.82) is 0 Å². The molecule has 7 heteroatoms. The molecule has 0 heterocycles. The van der Waals surface area contributed by atoms with Gasteiger partial charge in [-0.3, -0.25) is 14.9 Å². The molecule has 3 amide bonds. The summed E-state index contributed by atoms with van der Waals surface area (Å²) < 4.78 is 11.5. The summed E-state index contributed by atoms with van der Waals surface area (Å²) in [4.78, 5) is 35.9. The highest BCUT2D eigenvalue weighted by Crippen LogP contribution is 2.29. The number of benzene rings is 2. The summed E-state index contributed by atoms with van der Waals surface area (Å²) in [6.07, 6.45) is 0.347. The molecule has 0 saturated heterocycles. The fourth-order valence-electron chi connectivity index (χ4n) is 2.43. The van der Waals surface area contributed by atoms with Gasteiger partial charge in [-0.15, -0.1) is 0 Å². The number of imide groups is 1. The van der Waals surface area contributed by atoms with Gasteiger partial charge in [-0.25, -0.2) is 4.79 Å². The molecule has 2 N–H and O–H groups in total. The third-order valence-corrected chi connectivity index (χ3v) is 3.74. The number of aldehydes is 1. The monoisotopic (exact) mass is 384 g/mol. The number of carbonyl (C=O) groups is 3. The average Bonchev–Trinajstić information content (AvgIpc) is 2.71. The van der Waals surface area contributed by atoms with E-state index in [1.54, 1.807) is 55.5 Å². The molecule has 0 unspecified atom stereocenters. The minimum Gasteiger partial charge on any atom is -0.493 e. The molecule has 0 aliphatic rings. The van der Waals surface area contributed by atoms with Gasteiger partial charge in [0.15, 0.2) is 6.29 Å². The highest BCUT2D eigenvalue weighted by atomic mass is 16.5. The lowest BCUT2D eigenvalue weighted by Crippen LogP contribution is -2.42. The molecule has 0 aliphatic heterocycles. The summed E-state index contributed by atoms with van der Waals surface area (Å²) in [5.41, 5.74) is 0.816. The van der Waals surface area contributed by atoms with Crippen molar-refractivity contribution in [1.82, 2.24) is 10.6 Å². The van der Waals surface area contributed by atoms with Gasteiger partial charge in [0.25, 0.3) is 5.91 Å². The minimum atomic E-state index is -1.12. The molecule has 0 radical (unpaired) electrons. The Kier molecular flexibility index (Phi) is 8.02. The van der Waals surface area contributed by atoms with Crippen LogP contribution in [-0.4, -0.2) is 31.4 Å². The molecule has 2 rings (SSSR count). The van der Waals surface area contributed by atoms with E-state index in [0.29, 0.717) is 30.8 Å². The Bertz CT molecular complexity index is 808. The Morgan fingerprint density at radius 2 is 1.86 bits per heavy atom. The largest absolute Gasteiger partial charge is 0.493 e. The molecule has 1 atom stereocenters. The highest BCUT2D eigenvalue weighted by Gasteiger charge is 2.25. The topological polar surface area (TPSA) is 93.7 Å². The van der Waals surface area contributed by atoms with E-state index >= 15 is 0 Å². The van der Waals surface area contributed by atoms with Crippen LogP contribution in [0, 0.1) is 0 Å². The van der Waals surface area contributed by atoms with Gasteiger partial charge >= 0.3 is 6.03 Å². The predicted molar refractivity (Wildman–Crippen MR) is 105 cm³/mol. The van der Waals surface area contributed by atoms with Crippen LogP contribution in [0.15, 0.2) is 48.5 Å². The molecular formula is C21H24N2O5. The van der Waals surface area contributed by atoms with Crippen LogP contribution >= 0.6 is 0 Å². The van der Waals surface area contributed by atoms with Gasteiger partial charge in [-0.05, 0) is 25.5 Å². The van der Waals surface area contributed by atoms with Gasteiger partial charge in [0.1, 0.15) is 11.5 Å². The molecule has 7 nitrogen and oxygen atoms in total. The molecule has 28 heavy (non-hydrogen) atoms. The number of nitrogens with one attached hydrogen (secondary N) is 2. The maximum Gasteiger partial charge on any atom is 0.321 e. The maximum atomic E-state index is 12.7. The van der Waals surface area contributed by atoms with E-state index in [1.807, 2.05) is 6.92 Å². The van der Waals surface area contributed by atoms with Crippen LogP contribution in [0.3, 0.4) is 0 Å². The van der Waals surface area contributed by atoms with Gasteiger partial charge in [-0.2, -0.15) is 0 Å². The molecule has 0 spiro atoms. The molecule has 0 fully saturated rings. The molecule has 0 aliphatic carbocycles. The molecule has 2 aromatic carbocycles. The molecule has 0 aromatic heterocycles. The Hall–Kier alpha value is -3.35. The van der Waals surface area contributed by atoms with E-state index < -0.39 is 18.0 Å². The Morgan fingerprint density at radius 1 is 1.11 bits per heavy atom. The lowest BCUT2D eigenvalue weighted by atomic mass is 10.1. The fraction of sp³-hybridized carbons (Fsp3) is 0.286. The average molecular weight is 384 g/mol. The van der Waals surface area contributed by atoms with Crippen molar-refractivity contribution in [2.24, 2.45) is 0 Å². The summed E-state index contributed by atoms with van der Waals surface area (Å²) in [6, 6.07) is 12.9. The first-order valence-electron chi connectivity index (χ1n) is 9.11. The summed E-state index contributed by atoms with van der Waals surface area (Å²) in [6.45, 7) is 4.61. The van der Waals surface area contributed by atoms with Crippen LogP contribution in [0.5, 0.6) is 11.5 Å². The number of rotatable bonds is 9. The molecule has 148 valence electrons. The van der Waals surface area contributed by atoms with E-state index in [2.05, 4.69) is 10.6 Å². The van der Waals surface area contributed by atoms with Crippen molar-refractivity contribution in [2.75, 3.05) is 13.2 Å². The number of urea groups is 1. The lowest BCUT2D eigenvalue weighted by molar-refractivity contribution is -0.127. The third-order valence-electron chi connectivity index (χ3n) is 3.74. The number of hydrogen-bond acceptors (Lipinski definition) is 5. The van der Waals surface area contributed by atoms with E-state index in [-0.39, 0.29) is 11.3 Å². The molecule has 0 bridgehead atoms. The first kappa shape index (κ1) is 21.0. The number of carbonyl (C=O) groups excluding carboxylic acids is 3. The van der Waals surface area contributed by atoms with Gasteiger partial charge in [-0.1, -0.05) is 37.3 Å². The Labute approximate surface area is 164 Å². The van der Waals surface area contributed by atoms with E-state index in [0.717, 1.165) is 6.42 Å². The zero-order valence-electron chi connectivity index (χ0n) is 15.9. The quantitative estimate of drug-likeness (QED) is 0.647. The third kappa shape index (κ3) is 5.84. The second-order valence-electron chi connectivity index (χ2n) is 5.92. The fourth-order valence-corrected chi connectivity index (χ4v) is 2.43. The van der Waals surface area contributed by atoms with Crippen LogP contribution in [-0.2, 0) is 4.79 Å². The van der Waals surface area contributed by atoms with Crippen LogP contribution in [0.2, 0.25) is 0 Å². The normalized spacial score (nSPS) is 11.2. The van der Waals surface area contributed by atoms with Crippen molar-refractivity contribution in [3.8, 4) is 11.5 Å². The first-order valence-corrected chi connectivity index (χ1v) is 9.11. The van der Waals surface area contributed by atoms with Crippen molar-refractivity contribution in [3.05, 3.63) is 59.7 Å². The number of amides is 3. The second kappa shape index (κ2) is 10.7. The molecule has 0 saturated carbocycles. The number of hydrogen-bond donors (Lipinski definition) is 2. The van der Waals surface area contributed by atoms with Crippen molar-refractivity contribution in [2.45, 2.75) is 26.4 Å². The summed E-state index contributed by atoms with van der Waals surface area (Å²) in [5, 5.41) is 4.75. The second-order valence-corrected chi connectivity index (χ2v) is 5.92. The van der Waals surface area contributed by atoms with Crippen LogP contribution in [0.1, 0.15) is 42.3 Å². The van der Waals surface area contributed by atoms with E-state index in [9.17, 15) is 14.4 Å². The predicted octanol–water partition coefficient (Wildman–Crippen LogP) is 3.25. The van der Waals surface area contributed by atoms with Gasteiger partial charge in [0.05, 0.1) is 12.2 Å². The smallest absolute Gasteiger partial charge is 0.321 e. The Morgan fingerprint density at radius 3 is 2.50 bits per heavy atom. The van der Waals surface area contributed by atoms with Crippen LogP contribution in [0.25, 0.3) is 0 Å². The highest BCUT2D eigenvalue weighted by molar-refractivity contribution is 5.97. The SMILES string of the molecule is CCCOc1ccc(C=O)c(O[C@H](C(=O)NC(=O)NCC)c2ccccc2)c1. The van der Waals surface area contributed by atoms with Gasteiger partial charge in [0.2, 0.25) is 6.10 Å². The van der Waals surface area contributed by atoms with E-state index in [1.165, 1.54) is 0 Å². The number of ether oxygens (including phenoxy) is 2. The standard InChI is InChI=1S/C21H24N2O5/c1-3-12-27-17-11-10-16(14-24)18(13-17)28-19(15-8-6-5-7-9-15)20(25)23-21(26)22-4-2/h5-11,13-14,19H,3-4,12H2,1-2H3,(H2,22,23,25,26)/t19-/m0/s1. The van der Waals surface area contributed by atoms with E-state index in [4.69, 9.17) is 9.47 Å². The lowest BCUT2D eigenvalue weighted by Gasteiger charge is -2.20. The van der Waals surface area contributed by atoms with Crippen molar-refractivity contribution in [3.63, 3.8) is 0 Å². The summed E-state index contributed by atoms with van der Waals surface area (Å²) >= 11 is 0. The van der Waals surface area contributed by atoms with Gasteiger partial charge in [0, 0.05) is 18.2 Å².